The second-order valence-corrected chi connectivity index (χ2v) is 6.23. The second kappa shape index (κ2) is 7.87. The Hall–Kier alpha value is -3.74. The minimum atomic E-state index is -0.542. The summed E-state index contributed by atoms with van der Waals surface area (Å²) in [6.45, 7) is 1.40. The van der Waals surface area contributed by atoms with E-state index in [2.05, 4.69) is 4.98 Å². The molecule has 0 saturated heterocycles. The molecule has 3 aromatic rings. The standard InChI is InChI=1S/C21H18N2O5/c1-13(24)15(11-14-7-3-6-10-19(14)23(26)27)12-17-16-8-4-5-9-18(16)22-20(17)21(25)28-2/h3-11,22H,12H2,1-2H3/b15-11-. The zero-order valence-corrected chi connectivity index (χ0v) is 15.4. The number of nitro benzene ring substituents is 1. The van der Waals surface area contributed by atoms with Crippen LogP contribution in [0, 0.1) is 10.1 Å². The molecule has 0 spiro atoms. The first-order valence-electron chi connectivity index (χ1n) is 8.55. The Balaban J connectivity index is 2.14. The summed E-state index contributed by atoms with van der Waals surface area (Å²) >= 11 is 0. The summed E-state index contributed by atoms with van der Waals surface area (Å²) in [7, 11) is 1.28. The van der Waals surface area contributed by atoms with Gasteiger partial charge in [-0.2, -0.15) is 0 Å². The van der Waals surface area contributed by atoms with Gasteiger partial charge in [0.2, 0.25) is 0 Å². The third-order valence-corrected chi connectivity index (χ3v) is 4.49. The number of hydrogen-bond acceptors (Lipinski definition) is 5. The Bertz CT molecular complexity index is 1110. The zero-order chi connectivity index (χ0) is 20.3. The lowest BCUT2D eigenvalue weighted by Crippen LogP contribution is -2.08. The third kappa shape index (κ3) is 3.68. The number of H-pyrrole nitrogens is 1. The molecule has 2 aromatic carbocycles. The fraction of sp³-hybridized carbons (Fsp3) is 0.143. The van der Waals surface area contributed by atoms with Gasteiger partial charge in [-0.3, -0.25) is 14.9 Å². The third-order valence-electron chi connectivity index (χ3n) is 4.49. The van der Waals surface area contributed by atoms with Gasteiger partial charge in [-0.05, 0) is 30.7 Å². The summed E-state index contributed by atoms with van der Waals surface area (Å²) in [5, 5.41) is 12.1. The molecule has 1 aromatic heterocycles. The number of ether oxygens (including phenoxy) is 1. The maximum atomic E-state index is 12.3. The Morgan fingerprint density at radius 2 is 1.82 bits per heavy atom. The second-order valence-electron chi connectivity index (χ2n) is 6.23. The maximum Gasteiger partial charge on any atom is 0.354 e. The van der Waals surface area contributed by atoms with Crippen molar-refractivity contribution in [2.24, 2.45) is 0 Å². The van der Waals surface area contributed by atoms with Gasteiger partial charge in [-0.1, -0.05) is 30.3 Å². The summed E-state index contributed by atoms with van der Waals surface area (Å²) < 4.78 is 4.85. The molecule has 7 heteroatoms. The predicted octanol–water partition coefficient (Wildman–Crippen LogP) is 4.08. The molecule has 0 bridgehead atoms. The molecular weight excluding hydrogens is 360 g/mol. The van der Waals surface area contributed by atoms with E-state index in [1.807, 2.05) is 24.3 Å². The fourth-order valence-corrected chi connectivity index (χ4v) is 3.09. The van der Waals surface area contributed by atoms with Gasteiger partial charge in [0, 0.05) is 29.0 Å². The molecule has 0 amide bonds. The van der Waals surface area contributed by atoms with Crippen molar-refractivity contribution >= 4 is 34.4 Å². The lowest BCUT2D eigenvalue weighted by Gasteiger charge is -2.07. The highest BCUT2D eigenvalue weighted by Crippen LogP contribution is 2.28. The molecule has 7 nitrogen and oxygen atoms in total. The number of nitro groups is 1. The average Bonchev–Trinajstić information content (AvgIpc) is 3.05. The van der Waals surface area contributed by atoms with Gasteiger partial charge in [0.1, 0.15) is 5.69 Å². The Labute approximate surface area is 160 Å². The van der Waals surface area contributed by atoms with E-state index < -0.39 is 10.9 Å². The minimum Gasteiger partial charge on any atom is -0.464 e. The number of nitrogens with one attached hydrogen (secondary N) is 1. The van der Waals surface area contributed by atoms with Gasteiger partial charge in [0.25, 0.3) is 5.69 Å². The van der Waals surface area contributed by atoms with Crippen LogP contribution in [0.25, 0.3) is 17.0 Å². The Morgan fingerprint density at radius 1 is 1.14 bits per heavy atom. The molecule has 28 heavy (non-hydrogen) atoms. The number of hydrogen-bond donors (Lipinski definition) is 1. The topological polar surface area (TPSA) is 102 Å². The first-order chi connectivity index (χ1) is 13.4. The first kappa shape index (κ1) is 19.0. The number of fused-ring (bicyclic) bond motifs is 1. The number of aromatic nitrogens is 1. The zero-order valence-electron chi connectivity index (χ0n) is 15.4. The fourth-order valence-electron chi connectivity index (χ4n) is 3.09. The molecule has 0 aliphatic carbocycles. The van der Waals surface area contributed by atoms with Crippen molar-refractivity contribution in [3.8, 4) is 0 Å². The van der Waals surface area contributed by atoms with E-state index in [0.717, 1.165) is 10.9 Å². The average molecular weight is 378 g/mol. The van der Waals surface area contributed by atoms with Gasteiger partial charge in [-0.15, -0.1) is 0 Å². The molecule has 142 valence electrons. The van der Waals surface area contributed by atoms with Gasteiger partial charge < -0.3 is 9.72 Å². The van der Waals surface area contributed by atoms with E-state index in [1.54, 1.807) is 18.2 Å². The molecule has 1 N–H and O–H groups in total. The monoisotopic (exact) mass is 378 g/mol. The molecule has 1 heterocycles. The van der Waals surface area contributed by atoms with Crippen molar-refractivity contribution in [3.05, 3.63) is 81.0 Å². The number of Topliss-reactive ketones (excluding diaryl/α,β-unsaturated/α-hetero) is 1. The highest BCUT2D eigenvalue weighted by molar-refractivity contribution is 6.02. The number of allylic oxidation sites excluding steroid dienone is 1. The van der Waals surface area contributed by atoms with Crippen molar-refractivity contribution in [2.75, 3.05) is 7.11 Å². The van der Waals surface area contributed by atoms with E-state index in [9.17, 15) is 19.7 Å². The number of esters is 1. The van der Waals surface area contributed by atoms with Crippen LogP contribution < -0.4 is 0 Å². The number of ketones is 1. The van der Waals surface area contributed by atoms with Crippen LogP contribution in [-0.4, -0.2) is 28.8 Å². The van der Waals surface area contributed by atoms with Crippen LogP contribution in [0.15, 0.2) is 54.1 Å². The lowest BCUT2D eigenvalue weighted by atomic mass is 9.97. The SMILES string of the molecule is COC(=O)c1[nH]c2ccccc2c1C/C(=C/c1ccccc1[N+](=O)[O-])C(C)=O. The maximum absolute atomic E-state index is 12.3. The summed E-state index contributed by atoms with van der Waals surface area (Å²) in [4.78, 5) is 38.3. The number of benzene rings is 2. The highest BCUT2D eigenvalue weighted by atomic mass is 16.6. The van der Waals surface area contributed by atoms with Crippen LogP contribution in [-0.2, 0) is 16.0 Å². The smallest absolute Gasteiger partial charge is 0.354 e. The van der Waals surface area contributed by atoms with Gasteiger partial charge >= 0.3 is 5.97 Å². The molecular formula is C21H18N2O5. The number of carbonyl (C=O) groups is 2. The van der Waals surface area contributed by atoms with Crippen LogP contribution >= 0.6 is 0 Å². The van der Waals surface area contributed by atoms with Crippen LogP contribution in [0.4, 0.5) is 5.69 Å². The van der Waals surface area contributed by atoms with Crippen molar-refractivity contribution < 1.29 is 19.2 Å². The van der Waals surface area contributed by atoms with E-state index in [1.165, 1.54) is 26.2 Å². The number of rotatable bonds is 6. The number of methoxy groups -OCH3 is 1. The van der Waals surface area contributed by atoms with Crippen molar-refractivity contribution in [1.29, 1.82) is 0 Å². The Kier molecular flexibility index (Phi) is 5.35. The normalized spacial score (nSPS) is 11.4. The molecule has 0 saturated carbocycles. The van der Waals surface area contributed by atoms with Crippen molar-refractivity contribution in [1.82, 2.24) is 4.98 Å². The molecule has 3 rings (SSSR count). The van der Waals surface area contributed by atoms with Crippen molar-refractivity contribution in [2.45, 2.75) is 13.3 Å². The Morgan fingerprint density at radius 3 is 2.50 bits per heavy atom. The number of para-hydroxylation sites is 2. The molecule has 0 unspecified atom stereocenters. The van der Waals surface area contributed by atoms with Crippen LogP contribution in [0.1, 0.15) is 28.5 Å². The van der Waals surface area contributed by atoms with Crippen LogP contribution in [0.2, 0.25) is 0 Å². The van der Waals surface area contributed by atoms with Crippen LogP contribution in [0.5, 0.6) is 0 Å². The molecule has 0 aliphatic rings. The number of nitrogens with zero attached hydrogens (tertiary/aromatic N) is 1. The minimum absolute atomic E-state index is 0.0895. The van der Waals surface area contributed by atoms with Gasteiger partial charge in [0.05, 0.1) is 17.6 Å². The molecule has 0 radical (unpaired) electrons. The summed E-state index contributed by atoms with van der Waals surface area (Å²) in [6, 6.07) is 13.5. The van der Waals surface area contributed by atoms with E-state index in [0.29, 0.717) is 16.7 Å². The molecule has 0 fully saturated rings. The van der Waals surface area contributed by atoms with Gasteiger partial charge in [-0.25, -0.2) is 4.79 Å². The first-order valence-corrected chi connectivity index (χ1v) is 8.55. The lowest BCUT2D eigenvalue weighted by molar-refractivity contribution is -0.385. The number of carbonyl (C=O) groups excluding carboxylic acids is 2. The largest absolute Gasteiger partial charge is 0.464 e. The summed E-state index contributed by atoms with van der Waals surface area (Å²) in [5.74, 6) is -0.779. The molecule has 0 aliphatic heterocycles. The quantitative estimate of drug-likeness (QED) is 0.301. The van der Waals surface area contributed by atoms with E-state index >= 15 is 0 Å². The predicted molar refractivity (Wildman–Crippen MR) is 105 cm³/mol. The van der Waals surface area contributed by atoms with E-state index in [4.69, 9.17) is 4.74 Å². The van der Waals surface area contributed by atoms with Crippen molar-refractivity contribution in [3.63, 3.8) is 0 Å². The van der Waals surface area contributed by atoms with E-state index in [-0.39, 0.29) is 23.6 Å². The van der Waals surface area contributed by atoms with Crippen LogP contribution in [0.3, 0.4) is 0 Å². The molecule has 0 atom stereocenters. The summed E-state index contributed by atoms with van der Waals surface area (Å²) in [5.41, 5.74) is 2.21. The number of aromatic amines is 1. The summed E-state index contributed by atoms with van der Waals surface area (Å²) in [6.07, 6.45) is 1.64. The highest BCUT2D eigenvalue weighted by Gasteiger charge is 2.21. The van der Waals surface area contributed by atoms with Gasteiger partial charge in [0.15, 0.2) is 5.78 Å².